The topological polar surface area (TPSA) is 29.3 Å². The number of rotatable bonds is 6. The lowest BCUT2D eigenvalue weighted by Gasteiger charge is -2.35. The van der Waals surface area contributed by atoms with Crippen molar-refractivity contribution in [1.82, 2.24) is 4.90 Å². The maximum Gasteiger partial charge on any atom is 0.0241 e. The molecule has 0 amide bonds. The minimum absolute atomic E-state index is 0.769. The van der Waals surface area contributed by atoms with Crippen molar-refractivity contribution >= 4 is 0 Å². The van der Waals surface area contributed by atoms with E-state index in [1.54, 1.807) is 0 Å². The molecule has 2 heteroatoms. The molecular weight excluding hydrogens is 256 g/mol. The van der Waals surface area contributed by atoms with Gasteiger partial charge in [-0.05, 0) is 69.8 Å². The van der Waals surface area contributed by atoms with Gasteiger partial charge in [0.1, 0.15) is 0 Å². The van der Waals surface area contributed by atoms with Crippen LogP contribution in [0.3, 0.4) is 0 Å². The minimum atomic E-state index is 0.769. The van der Waals surface area contributed by atoms with Gasteiger partial charge in [0, 0.05) is 12.6 Å². The SMILES string of the molecule is Cc1cc(C)c(CN(CCCN)C2CCCCC2)c(C)c1. The second-order valence-electron chi connectivity index (χ2n) is 6.78. The summed E-state index contributed by atoms with van der Waals surface area (Å²) in [7, 11) is 0. The van der Waals surface area contributed by atoms with Gasteiger partial charge >= 0.3 is 0 Å². The second-order valence-corrected chi connectivity index (χ2v) is 6.78. The summed E-state index contributed by atoms with van der Waals surface area (Å²) in [5, 5.41) is 0. The van der Waals surface area contributed by atoms with Gasteiger partial charge in [0.2, 0.25) is 0 Å². The molecule has 0 atom stereocenters. The van der Waals surface area contributed by atoms with Crippen LogP contribution < -0.4 is 5.73 Å². The highest BCUT2D eigenvalue weighted by atomic mass is 15.2. The lowest BCUT2D eigenvalue weighted by atomic mass is 9.92. The van der Waals surface area contributed by atoms with E-state index in [2.05, 4.69) is 37.8 Å². The van der Waals surface area contributed by atoms with Crippen molar-refractivity contribution in [2.75, 3.05) is 13.1 Å². The average Bonchev–Trinajstić information content (AvgIpc) is 2.46. The van der Waals surface area contributed by atoms with Gasteiger partial charge in [-0.25, -0.2) is 0 Å². The van der Waals surface area contributed by atoms with E-state index in [-0.39, 0.29) is 0 Å². The number of hydrogen-bond acceptors (Lipinski definition) is 2. The standard InChI is InChI=1S/C19H32N2/c1-15-12-16(2)19(17(3)13-15)14-21(11-7-10-20)18-8-5-4-6-9-18/h12-13,18H,4-11,14,20H2,1-3H3. The zero-order chi connectivity index (χ0) is 15.2. The Morgan fingerprint density at radius 3 is 2.24 bits per heavy atom. The maximum absolute atomic E-state index is 5.75. The molecule has 0 unspecified atom stereocenters. The first-order valence-electron chi connectivity index (χ1n) is 8.62. The van der Waals surface area contributed by atoms with Gasteiger partial charge in [0.15, 0.2) is 0 Å². The molecule has 0 saturated heterocycles. The summed E-state index contributed by atoms with van der Waals surface area (Å²) in [5.74, 6) is 0. The molecule has 1 aliphatic rings. The monoisotopic (exact) mass is 288 g/mol. The van der Waals surface area contributed by atoms with Crippen LogP contribution in [0.4, 0.5) is 0 Å². The summed E-state index contributed by atoms with van der Waals surface area (Å²) < 4.78 is 0. The first-order valence-corrected chi connectivity index (χ1v) is 8.62. The molecule has 0 aliphatic heterocycles. The average molecular weight is 288 g/mol. The molecule has 1 aromatic rings. The van der Waals surface area contributed by atoms with Gasteiger partial charge < -0.3 is 5.73 Å². The van der Waals surface area contributed by atoms with Crippen molar-refractivity contribution < 1.29 is 0 Å². The summed E-state index contributed by atoms with van der Waals surface area (Å²) in [6.45, 7) is 9.76. The predicted molar refractivity (Wildman–Crippen MR) is 91.6 cm³/mol. The van der Waals surface area contributed by atoms with E-state index in [0.29, 0.717) is 0 Å². The number of nitrogens with zero attached hydrogens (tertiary/aromatic N) is 1. The number of hydrogen-bond donors (Lipinski definition) is 1. The number of benzene rings is 1. The molecule has 1 aliphatic carbocycles. The Kier molecular flexibility index (Phi) is 6.25. The molecule has 0 radical (unpaired) electrons. The first-order chi connectivity index (χ1) is 10.1. The third-order valence-electron chi connectivity index (χ3n) is 4.94. The molecule has 0 heterocycles. The Labute approximate surface area is 130 Å². The van der Waals surface area contributed by atoms with Crippen LogP contribution in [-0.2, 0) is 6.54 Å². The van der Waals surface area contributed by atoms with E-state index >= 15 is 0 Å². The second kappa shape index (κ2) is 7.95. The van der Waals surface area contributed by atoms with E-state index in [0.717, 1.165) is 32.1 Å². The zero-order valence-electron chi connectivity index (χ0n) is 14.1. The first kappa shape index (κ1) is 16.5. The summed E-state index contributed by atoms with van der Waals surface area (Å²) >= 11 is 0. The quantitative estimate of drug-likeness (QED) is 0.854. The third-order valence-corrected chi connectivity index (χ3v) is 4.94. The van der Waals surface area contributed by atoms with Gasteiger partial charge in [-0.15, -0.1) is 0 Å². The minimum Gasteiger partial charge on any atom is -0.330 e. The van der Waals surface area contributed by atoms with Crippen molar-refractivity contribution in [1.29, 1.82) is 0 Å². The van der Waals surface area contributed by atoms with Crippen LogP contribution in [0.25, 0.3) is 0 Å². The smallest absolute Gasteiger partial charge is 0.0241 e. The zero-order valence-corrected chi connectivity index (χ0v) is 14.1. The van der Waals surface area contributed by atoms with Crippen molar-refractivity contribution in [3.05, 3.63) is 34.4 Å². The number of nitrogens with two attached hydrogens (primary N) is 1. The van der Waals surface area contributed by atoms with E-state index in [1.165, 1.54) is 54.4 Å². The Bertz CT molecular complexity index is 424. The fourth-order valence-electron chi connectivity index (χ4n) is 3.79. The summed E-state index contributed by atoms with van der Waals surface area (Å²) in [6.07, 6.45) is 8.07. The Balaban J connectivity index is 2.13. The number of aryl methyl sites for hydroxylation is 3. The molecular formula is C19H32N2. The molecule has 21 heavy (non-hydrogen) atoms. The normalized spacial score (nSPS) is 16.6. The van der Waals surface area contributed by atoms with Gasteiger partial charge in [-0.1, -0.05) is 37.0 Å². The molecule has 0 bridgehead atoms. The van der Waals surface area contributed by atoms with E-state index in [1.807, 2.05) is 0 Å². The summed E-state index contributed by atoms with van der Waals surface area (Å²) in [4.78, 5) is 2.71. The molecule has 2 nitrogen and oxygen atoms in total. The van der Waals surface area contributed by atoms with Crippen LogP contribution >= 0.6 is 0 Å². The Hall–Kier alpha value is -0.860. The summed E-state index contributed by atoms with van der Waals surface area (Å²) in [5.41, 5.74) is 11.5. The fourth-order valence-corrected chi connectivity index (χ4v) is 3.79. The highest BCUT2D eigenvalue weighted by molar-refractivity contribution is 5.37. The lowest BCUT2D eigenvalue weighted by Crippen LogP contribution is -2.38. The molecule has 2 rings (SSSR count). The Morgan fingerprint density at radius 2 is 1.67 bits per heavy atom. The van der Waals surface area contributed by atoms with Crippen LogP contribution in [0, 0.1) is 20.8 Å². The van der Waals surface area contributed by atoms with Gasteiger partial charge in [0.25, 0.3) is 0 Å². The van der Waals surface area contributed by atoms with Crippen molar-refractivity contribution in [3.8, 4) is 0 Å². The highest BCUT2D eigenvalue weighted by Gasteiger charge is 2.21. The van der Waals surface area contributed by atoms with Crippen LogP contribution in [0.5, 0.6) is 0 Å². The molecule has 1 saturated carbocycles. The fraction of sp³-hybridized carbons (Fsp3) is 0.684. The van der Waals surface area contributed by atoms with E-state index < -0.39 is 0 Å². The molecule has 118 valence electrons. The lowest BCUT2D eigenvalue weighted by molar-refractivity contribution is 0.146. The molecule has 1 aromatic carbocycles. The molecule has 1 fully saturated rings. The maximum atomic E-state index is 5.75. The van der Waals surface area contributed by atoms with Crippen LogP contribution in [0.15, 0.2) is 12.1 Å². The van der Waals surface area contributed by atoms with Crippen LogP contribution in [0.1, 0.15) is 60.8 Å². The molecule has 0 aromatic heterocycles. The largest absolute Gasteiger partial charge is 0.330 e. The van der Waals surface area contributed by atoms with E-state index in [4.69, 9.17) is 5.73 Å². The predicted octanol–water partition coefficient (Wildman–Crippen LogP) is 4.10. The molecule has 2 N–H and O–H groups in total. The summed E-state index contributed by atoms with van der Waals surface area (Å²) in [6, 6.07) is 5.42. The molecule has 0 spiro atoms. The van der Waals surface area contributed by atoms with Gasteiger partial charge in [0.05, 0.1) is 0 Å². The highest BCUT2D eigenvalue weighted by Crippen LogP contribution is 2.26. The van der Waals surface area contributed by atoms with Crippen molar-refractivity contribution in [2.24, 2.45) is 5.73 Å². The van der Waals surface area contributed by atoms with Crippen LogP contribution in [0.2, 0.25) is 0 Å². The van der Waals surface area contributed by atoms with Crippen molar-refractivity contribution in [2.45, 2.75) is 71.9 Å². The van der Waals surface area contributed by atoms with Gasteiger partial charge in [-0.2, -0.15) is 0 Å². The van der Waals surface area contributed by atoms with Crippen molar-refractivity contribution in [3.63, 3.8) is 0 Å². The Morgan fingerprint density at radius 1 is 1.05 bits per heavy atom. The van der Waals surface area contributed by atoms with Gasteiger partial charge in [-0.3, -0.25) is 4.90 Å². The van der Waals surface area contributed by atoms with Crippen LogP contribution in [-0.4, -0.2) is 24.0 Å². The third kappa shape index (κ3) is 4.55. The van der Waals surface area contributed by atoms with E-state index in [9.17, 15) is 0 Å².